The van der Waals surface area contributed by atoms with Crippen molar-refractivity contribution in [2.45, 2.75) is 246 Å². The van der Waals surface area contributed by atoms with E-state index in [2.05, 4.69) is 175 Å². The Kier molecular flexibility index (Phi) is 21.5. The van der Waals surface area contributed by atoms with Crippen molar-refractivity contribution in [1.29, 1.82) is 0 Å². The first kappa shape index (κ1) is 81.6. The molecule has 116 heavy (non-hydrogen) atoms. The van der Waals surface area contributed by atoms with Gasteiger partial charge in [0.15, 0.2) is 0 Å². The van der Waals surface area contributed by atoms with E-state index >= 15 is 0 Å². The lowest BCUT2D eigenvalue weighted by Crippen LogP contribution is -2.45. The fraction of sp³-hybridized carbons (Fsp3) is 0.622. The largest absolute Gasteiger partial charge is 0.481 e. The molecule has 5 saturated heterocycles. The van der Waals surface area contributed by atoms with Gasteiger partial charge in [-0.05, 0) is 307 Å². The molecule has 20 atom stereocenters. The van der Waals surface area contributed by atoms with Crippen LogP contribution in [0.25, 0.3) is 0 Å². The Hall–Kier alpha value is -8.09. The number of carboxylic acid groups (broad SMARTS) is 1. The predicted octanol–water partition coefficient (Wildman–Crippen LogP) is 14.6. The average molecular weight is 1580 g/mol. The van der Waals surface area contributed by atoms with Crippen molar-refractivity contribution in [3.63, 3.8) is 0 Å². The number of nitro groups is 1. The molecular weight excluding hydrogens is 1450 g/mol. The molecule has 10 aliphatic heterocycles. The second-order valence-electron chi connectivity index (χ2n) is 39.5. The number of carboxylic acids is 1. The van der Waals surface area contributed by atoms with Crippen LogP contribution in [0.1, 0.15) is 231 Å². The van der Waals surface area contributed by atoms with E-state index in [1.54, 1.807) is 0 Å². The predicted molar refractivity (Wildman–Crippen MR) is 449 cm³/mol. The number of benzene rings is 5. The van der Waals surface area contributed by atoms with Crippen LogP contribution in [0, 0.1) is 154 Å². The molecule has 5 N–H and O–H groups in total. The zero-order valence-corrected chi connectivity index (χ0v) is 71.4. The van der Waals surface area contributed by atoms with Crippen LogP contribution < -0.4 is 11.5 Å². The maximum atomic E-state index is 12.8. The SMILES string of the molecule is Cc1cc2c(cc1C)C13C[C@H](C)[C@@H](C=O)[C@@H]1CC(=O)N3CCC2.Cc1cc2c(cc1C)C13C[C@H](C)[C@@H](CN)[C@@H]1CC(=O)N3CCC2.Cc1cc2c(cc1C)C13C[C@H](C)[C@@H](C[N+](=O)[O-])[C@@H]1CC(=O)N3CCC2.Cc1ccc2c(c1)CCCN1C(=O)C[C@H]3[C@H](C(=O)O)[C@@H](C)CC231.Cc1ccc2c(c1)CCCN1C(=O)C[C@H]3[C@H](CN)[C@@H](C)CC231. The third-order valence-electron chi connectivity index (χ3n) is 33.5. The first-order valence-corrected chi connectivity index (χ1v) is 44.6. The minimum Gasteiger partial charge on any atom is -0.481 e. The van der Waals surface area contributed by atoms with Gasteiger partial charge in [-0.15, -0.1) is 0 Å². The fourth-order valence-corrected chi connectivity index (χ4v) is 28.4. The Bertz CT molecular complexity index is 4820. The van der Waals surface area contributed by atoms with E-state index in [0.29, 0.717) is 98.4 Å². The molecule has 5 amide bonds. The summed E-state index contributed by atoms with van der Waals surface area (Å²) in [4.78, 5) is 109. The number of hydrogen-bond donors (Lipinski definition) is 3. The van der Waals surface area contributed by atoms with Crippen LogP contribution in [-0.4, -0.2) is 129 Å². The van der Waals surface area contributed by atoms with Gasteiger partial charge in [0, 0.05) is 99.3 Å². The van der Waals surface area contributed by atoms with Gasteiger partial charge in [0.25, 0.3) is 0 Å². The summed E-state index contributed by atoms with van der Waals surface area (Å²) >= 11 is 0. The van der Waals surface area contributed by atoms with Crippen LogP contribution >= 0.6 is 0 Å². The Morgan fingerprint density at radius 3 is 1.04 bits per heavy atom. The molecule has 15 aliphatic rings. The minimum atomic E-state index is -0.744. The first-order chi connectivity index (χ1) is 55.3. The van der Waals surface area contributed by atoms with Gasteiger partial charge in [0.05, 0.1) is 33.6 Å². The van der Waals surface area contributed by atoms with Crippen LogP contribution in [0.15, 0.2) is 72.8 Å². The van der Waals surface area contributed by atoms with Gasteiger partial charge in [-0.25, -0.2) is 0 Å². The van der Waals surface area contributed by atoms with E-state index < -0.39 is 11.9 Å². The highest BCUT2D eigenvalue weighted by Gasteiger charge is 2.69. The van der Waals surface area contributed by atoms with Gasteiger partial charge in [0.1, 0.15) is 6.29 Å². The van der Waals surface area contributed by atoms with E-state index in [4.69, 9.17) is 11.5 Å². The molecular formula is C98H128N8O10. The first-order valence-electron chi connectivity index (χ1n) is 44.6. The standard InChI is InChI=1S/C20H26N2O3.C20H28N2O.C20H25NO2.C19H26N2O.C19H23NO3/c1-12-7-15-5-4-6-21-19(23)9-18-16(11-22(24)25)14(3)10-20(18,21)17(15)8-13(12)2;1-12-7-15-5-4-6-22-19(23)9-18-16(11-21)14(3)10-20(18,22)17(15)8-13(12)2;1-12-7-15-5-4-6-21-19(23)9-18-16(11-22)14(3)10-20(18,21)17(15)8-13(12)2;1-12-5-6-16-14(8-12)4-3-7-21-18(22)9-17-15(11-20)13(2)10-19(16,17)21;1-11-5-6-14-13(8-11)4-3-7-20-16(21)9-15-17(18(22)23)12(2)10-19(14,15)20/h7-8,14,16,18H,4-6,9-11H2,1-3H3;7-8,14,16,18H,4-6,9-11,21H2,1-3H3;7-8,11,14,16,18H,4-6,9-10H2,1-3H3;5-6,8,13,15,17H,3-4,7,9-11,20H2,1-2H3;5-6,8,12,15,17H,3-4,7,9-10H2,1-2H3,(H,22,23)/t3*14-,16+,18-,20?;13-,15+,17-,19?;12-,15-,17+,19?/m00000/s1. The second kappa shape index (κ2) is 30.6. The zero-order chi connectivity index (χ0) is 82.5. The van der Waals surface area contributed by atoms with Crippen molar-refractivity contribution in [3.05, 3.63) is 183 Å². The van der Waals surface area contributed by atoms with Crippen LogP contribution in [0.4, 0.5) is 0 Å². The molecule has 0 aromatic heterocycles. The number of rotatable bonds is 6. The molecule has 5 aromatic carbocycles. The van der Waals surface area contributed by atoms with Crippen molar-refractivity contribution in [2.24, 2.45) is 100 Å². The summed E-state index contributed by atoms with van der Waals surface area (Å²) in [7, 11) is 0. The molecule has 5 aromatic rings. The summed E-state index contributed by atoms with van der Waals surface area (Å²) in [6, 6.07) is 27.3. The van der Waals surface area contributed by atoms with Gasteiger partial charge in [0.2, 0.25) is 36.1 Å². The van der Waals surface area contributed by atoms with Crippen LogP contribution in [0.2, 0.25) is 0 Å². The molecule has 5 aliphatic carbocycles. The summed E-state index contributed by atoms with van der Waals surface area (Å²) in [6.07, 6.45) is 18.9. The minimum absolute atomic E-state index is 0.0107. The molecule has 5 spiro atoms. The third-order valence-corrected chi connectivity index (χ3v) is 33.5. The van der Waals surface area contributed by atoms with E-state index in [0.717, 1.165) is 135 Å². The maximum Gasteiger partial charge on any atom is 0.307 e. The van der Waals surface area contributed by atoms with Crippen molar-refractivity contribution in [1.82, 2.24) is 24.5 Å². The molecule has 0 radical (unpaired) electrons. The summed E-state index contributed by atoms with van der Waals surface area (Å²) in [5, 5.41) is 21.0. The lowest BCUT2D eigenvalue weighted by molar-refractivity contribution is -0.491. The number of nitrogens with zero attached hydrogens (tertiary/aromatic N) is 6. The van der Waals surface area contributed by atoms with Crippen LogP contribution in [-0.2, 0) is 93.4 Å². The highest BCUT2D eigenvalue weighted by atomic mass is 16.6. The molecule has 620 valence electrons. The van der Waals surface area contributed by atoms with Crippen molar-refractivity contribution < 1.29 is 43.6 Å². The number of carbonyl (C=O) groups is 7. The molecule has 5 saturated carbocycles. The van der Waals surface area contributed by atoms with Gasteiger partial charge < -0.3 is 45.9 Å². The normalized spacial score (nSPS) is 35.4. The fourth-order valence-electron chi connectivity index (χ4n) is 28.4. The average Bonchev–Trinajstić information content (AvgIpc) is 1.58. The van der Waals surface area contributed by atoms with E-state index in [1.807, 2.05) is 11.8 Å². The molecule has 18 nitrogen and oxygen atoms in total. The maximum absolute atomic E-state index is 12.8. The Morgan fingerprint density at radius 2 is 0.698 bits per heavy atom. The van der Waals surface area contributed by atoms with Crippen molar-refractivity contribution in [2.75, 3.05) is 52.4 Å². The number of fused-ring (bicyclic) bond motifs is 5. The van der Waals surface area contributed by atoms with Gasteiger partial charge in [-0.2, -0.15) is 0 Å². The molecule has 20 rings (SSSR count). The van der Waals surface area contributed by atoms with Crippen LogP contribution in [0.3, 0.4) is 0 Å². The number of aldehydes is 1. The lowest BCUT2D eigenvalue weighted by Gasteiger charge is -2.40. The molecule has 0 bridgehead atoms. The summed E-state index contributed by atoms with van der Waals surface area (Å²) in [6.45, 7) is 33.8. The number of amides is 5. The summed E-state index contributed by atoms with van der Waals surface area (Å²) in [5.74, 6) is 3.88. The van der Waals surface area contributed by atoms with E-state index in [1.165, 1.54) is 100 Å². The number of aliphatic carboxylic acids is 1. The van der Waals surface area contributed by atoms with Gasteiger partial charge in [-0.3, -0.25) is 38.9 Å². The van der Waals surface area contributed by atoms with E-state index in [9.17, 15) is 48.8 Å². The Morgan fingerprint density at radius 1 is 0.414 bits per heavy atom. The van der Waals surface area contributed by atoms with Gasteiger partial charge >= 0.3 is 5.97 Å². The number of nitrogens with two attached hydrogens (primary N) is 2. The van der Waals surface area contributed by atoms with E-state index in [-0.39, 0.29) is 98.3 Å². The second-order valence-corrected chi connectivity index (χ2v) is 39.5. The number of carbonyl (C=O) groups excluding carboxylic acids is 6. The number of hydrogen-bond acceptors (Lipinski definition) is 11. The monoisotopic (exact) mass is 1580 g/mol. The lowest BCUT2D eigenvalue weighted by atomic mass is 9.76. The third kappa shape index (κ3) is 12.5. The molecule has 5 unspecified atom stereocenters. The topological polar surface area (TPSA) is 251 Å². The quantitative estimate of drug-likeness (QED) is 0.0815. The smallest absolute Gasteiger partial charge is 0.307 e. The summed E-state index contributed by atoms with van der Waals surface area (Å²) < 4.78 is 0. The van der Waals surface area contributed by atoms with Gasteiger partial charge in [-0.1, -0.05) is 119 Å². The number of aryl methyl sites for hydroxylation is 13. The highest BCUT2D eigenvalue weighted by molar-refractivity contribution is 5.86. The Balaban J connectivity index is 0.000000109. The van der Waals surface area contributed by atoms with Crippen molar-refractivity contribution >= 4 is 41.8 Å². The Labute approximate surface area is 687 Å². The molecule has 18 heteroatoms. The van der Waals surface area contributed by atoms with Crippen LogP contribution in [0.5, 0.6) is 0 Å². The van der Waals surface area contributed by atoms with Crippen molar-refractivity contribution in [3.8, 4) is 0 Å². The molecule has 10 fully saturated rings. The molecule has 10 heterocycles. The zero-order valence-electron chi connectivity index (χ0n) is 71.4. The highest BCUT2D eigenvalue weighted by Crippen LogP contribution is 2.66. The summed E-state index contributed by atoms with van der Waals surface area (Å²) in [5.41, 5.74) is 35.3.